The van der Waals surface area contributed by atoms with Crippen LogP contribution in [0.2, 0.25) is 0 Å². The minimum atomic E-state index is -2.00. The van der Waals surface area contributed by atoms with Gasteiger partial charge in [-0.3, -0.25) is 15.0 Å². The quantitative estimate of drug-likeness (QED) is 0.799. The fourth-order valence-corrected chi connectivity index (χ4v) is 3.29. The standard InChI is InChI=1S/C17H15Cl3N2O2/c18-17(19,20)15(24)22-11-21-16(14(22)23,12-7-3-1-4-8-12)13-9-5-2-6-10-13/h1-10,15,21,24H,11H2/t15-/m1/s1. The number of halogens is 3. The number of carbonyl (C=O) groups excluding carboxylic acids is 1. The summed E-state index contributed by atoms with van der Waals surface area (Å²) in [4.78, 5) is 14.4. The van der Waals surface area contributed by atoms with Gasteiger partial charge in [-0.25, -0.2) is 0 Å². The van der Waals surface area contributed by atoms with Gasteiger partial charge in [-0.15, -0.1) is 0 Å². The number of rotatable bonds is 3. The van der Waals surface area contributed by atoms with Gasteiger partial charge in [-0.1, -0.05) is 95.5 Å². The van der Waals surface area contributed by atoms with Crippen molar-refractivity contribution in [3.8, 4) is 0 Å². The van der Waals surface area contributed by atoms with E-state index in [0.717, 1.165) is 16.0 Å². The van der Waals surface area contributed by atoms with Crippen LogP contribution in [0.5, 0.6) is 0 Å². The van der Waals surface area contributed by atoms with Gasteiger partial charge in [0.25, 0.3) is 5.91 Å². The second-order valence-electron chi connectivity index (χ2n) is 5.51. The van der Waals surface area contributed by atoms with Gasteiger partial charge in [0, 0.05) is 0 Å². The monoisotopic (exact) mass is 384 g/mol. The molecule has 1 aliphatic heterocycles. The third kappa shape index (κ3) is 2.89. The lowest BCUT2D eigenvalue weighted by atomic mass is 9.82. The lowest BCUT2D eigenvalue weighted by Gasteiger charge is -2.31. The van der Waals surface area contributed by atoms with Crippen LogP contribution < -0.4 is 5.32 Å². The molecule has 0 bridgehead atoms. The third-order valence-corrected chi connectivity index (χ3v) is 4.68. The molecular weight excluding hydrogens is 371 g/mol. The van der Waals surface area contributed by atoms with E-state index in [1.165, 1.54) is 0 Å². The number of aliphatic hydroxyl groups excluding tert-OH is 1. The van der Waals surface area contributed by atoms with Crippen molar-refractivity contribution in [2.45, 2.75) is 15.6 Å². The summed E-state index contributed by atoms with van der Waals surface area (Å²) in [5.74, 6) is -0.376. The van der Waals surface area contributed by atoms with Crippen molar-refractivity contribution in [2.75, 3.05) is 6.67 Å². The molecule has 4 nitrogen and oxygen atoms in total. The van der Waals surface area contributed by atoms with Crippen molar-refractivity contribution < 1.29 is 9.90 Å². The van der Waals surface area contributed by atoms with E-state index in [2.05, 4.69) is 5.32 Å². The summed E-state index contributed by atoms with van der Waals surface area (Å²) in [6.07, 6.45) is -1.56. The van der Waals surface area contributed by atoms with Gasteiger partial charge >= 0.3 is 0 Å². The summed E-state index contributed by atoms with van der Waals surface area (Å²) >= 11 is 17.3. The first-order valence-electron chi connectivity index (χ1n) is 7.29. The maximum atomic E-state index is 13.2. The third-order valence-electron chi connectivity index (χ3n) is 4.10. The maximum absolute atomic E-state index is 13.2. The Morgan fingerprint density at radius 1 is 1.00 bits per heavy atom. The largest absolute Gasteiger partial charge is 0.369 e. The number of nitrogens with one attached hydrogen (secondary N) is 1. The lowest BCUT2D eigenvalue weighted by molar-refractivity contribution is -0.139. The van der Waals surface area contributed by atoms with Gasteiger partial charge < -0.3 is 5.11 Å². The Kier molecular flexibility index (Phi) is 4.78. The molecule has 0 radical (unpaired) electrons. The zero-order valence-electron chi connectivity index (χ0n) is 12.5. The number of alkyl halides is 3. The van der Waals surface area contributed by atoms with Crippen molar-refractivity contribution in [2.24, 2.45) is 0 Å². The number of hydrogen-bond donors (Lipinski definition) is 2. The lowest BCUT2D eigenvalue weighted by Crippen LogP contribution is -2.49. The smallest absolute Gasteiger partial charge is 0.255 e. The molecule has 1 fully saturated rings. The number of nitrogens with zero attached hydrogens (tertiary/aromatic N) is 1. The van der Waals surface area contributed by atoms with Crippen LogP contribution in [-0.4, -0.2) is 32.6 Å². The first kappa shape index (κ1) is 17.5. The molecule has 1 saturated heterocycles. The molecule has 0 spiro atoms. The molecule has 3 rings (SSSR count). The van der Waals surface area contributed by atoms with Crippen LogP contribution in [0.1, 0.15) is 11.1 Å². The highest BCUT2D eigenvalue weighted by Gasteiger charge is 2.53. The first-order valence-corrected chi connectivity index (χ1v) is 8.42. The average Bonchev–Trinajstić information content (AvgIpc) is 2.93. The summed E-state index contributed by atoms with van der Waals surface area (Å²) in [6, 6.07) is 18.5. The fraction of sp³-hybridized carbons (Fsp3) is 0.235. The highest BCUT2D eigenvalue weighted by atomic mass is 35.6. The van der Waals surface area contributed by atoms with Crippen LogP contribution in [0.4, 0.5) is 0 Å². The van der Waals surface area contributed by atoms with Gasteiger partial charge in [0.1, 0.15) is 0 Å². The van der Waals surface area contributed by atoms with E-state index in [1.54, 1.807) is 0 Å². The molecule has 1 aliphatic rings. The Morgan fingerprint density at radius 3 is 1.88 bits per heavy atom. The van der Waals surface area contributed by atoms with Gasteiger partial charge in [0.05, 0.1) is 6.67 Å². The Balaban J connectivity index is 2.10. The number of benzene rings is 2. The topological polar surface area (TPSA) is 52.6 Å². The molecule has 24 heavy (non-hydrogen) atoms. The van der Waals surface area contributed by atoms with E-state index in [-0.39, 0.29) is 12.6 Å². The second kappa shape index (κ2) is 6.54. The first-order chi connectivity index (χ1) is 11.4. The van der Waals surface area contributed by atoms with Crippen LogP contribution in [0.25, 0.3) is 0 Å². The predicted molar refractivity (Wildman–Crippen MR) is 94.8 cm³/mol. The Labute approximate surface area is 154 Å². The fourth-order valence-electron chi connectivity index (χ4n) is 2.93. The molecule has 0 saturated carbocycles. The molecule has 2 aromatic rings. The van der Waals surface area contributed by atoms with Crippen LogP contribution in [0.15, 0.2) is 60.7 Å². The van der Waals surface area contributed by atoms with Crippen molar-refractivity contribution in [3.63, 3.8) is 0 Å². The minimum absolute atomic E-state index is 0.0533. The molecular formula is C17H15Cl3N2O2. The molecule has 0 aliphatic carbocycles. The van der Waals surface area contributed by atoms with E-state index in [1.807, 2.05) is 60.7 Å². The second-order valence-corrected chi connectivity index (χ2v) is 7.88. The summed E-state index contributed by atoms with van der Waals surface area (Å²) < 4.78 is -2.00. The van der Waals surface area contributed by atoms with Crippen LogP contribution in [0.3, 0.4) is 0 Å². The normalized spacial score (nSPS) is 18.7. The van der Waals surface area contributed by atoms with Crippen LogP contribution in [0, 0.1) is 0 Å². The molecule has 126 valence electrons. The van der Waals surface area contributed by atoms with Crippen molar-refractivity contribution in [1.29, 1.82) is 0 Å². The summed E-state index contributed by atoms with van der Waals surface area (Å²) in [6.45, 7) is 0.0533. The molecule has 0 aromatic heterocycles. The van der Waals surface area contributed by atoms with Gasteiger partial charge in [-0.05, 0) is 11.1 Å². The Bertz CT molecular complexity index is 680. The number of carbonyl (C=O) groups is 1. The maximum Gasteiger partial charge on any atom is 0.255 e. The van der Waals surface area contributed by atoms with E-state index >= 15 is 0 Å². The molecule has 2 N–H and O–H groups in total. The van der Waals surface area contributed by atoms with Crippen LogP contribution in [-0.2, 0) is 10.3 Å². The SMILES string of the molecule is O=C1N([C@H](O)C(Cl)(Cl)Cl)CNC1(c1ccccc1)c1ccccc1. The minimum Gasteiger partial charge on any atom is -0.369 e. The number of amides is 1. The zero-order chi connectivity index (χ0) is 17.4. The summed E-state index contributed by atoms with van der Waals surface area (Å²) in [5.41, 5.74) is 0.361. The number of aliphatic hydroxyl groups is 1. The highest BCUT2D eigenvalue weighted by molar-refractivity contribution is 6.68. The molecule has 1 heterocycles. The zero-order valence-corrected chi connectivity index (χ0v) is 14.8. The molecule has 1 amide bonds. The number of hydrogen-bond acceptors (Lipinski definition) is 3. The van der Waals surface area contributed by atoms with Gasteiger partial charge in [0.2, 0.25) is 3.79 Å². The van der Waals surface area contributed by atoms with Crippen molar-refractivity contribution in [3.05, 3.63) is 71.8 Å². The van der Waals surface area contributed by atoms with E-state index in [4.69, 9.17) is 34.8 Å². The Hall–Kier alpha value is -1.30. The van der Waals surface area contributed by atoms with Gasteiger partial charge in [-0.2, -0.15) is 0 Å². The van der Waals surface area contributed by atoms with E-state index in [9.17, 15) is 9.90 Å². The molecule has 0 unspecified atom stereocenters. The van der Waals surface area contributed by atoms with Gasteiger partial charge in [0.15, 0.2) is 11.8 Å². The molecule has 1 atom stereocenters. The molecule has 7 heteroatoms. The highest BCUT2D eigenvalue weighted by Crippen LogP contribution is 2.39. The summed E-state index contributed by atoms with van der Waals surface area (Å²) in [7, 11) is 0. The summed E-state index contributed by atoms with van der Waals surface area (Å²) in [5, 5.41) is 13.4. The van der Waals surface area contributed by atoms with Crippen molar-refractivity contribution >= 4 is 40.7 Å². The van der Waals surface area contributed by atoms with Crippen molar-refractivity contribution in [1.82, 2.24) is 10.2 Å². The average molecular weight is 386 g/mol. The Morgan fingerprint density at radius 2 is 1.46 bits per heavy atom. The van der Waals surface area contributed by atoms with E-state index < -0.39 is 15.6 Å². The molecule has 2 aromatic carbocycles. The van der Waals surface area contributed by atoms with Crippen LogP contribution >= 0.6 is 34.8 Å². The van der Waals surface area contributed by atoms with E-state index in [0.29, 0.717) is 0 Å². The predicted octanol–water partition coefficient (Wildman–Crippen LogP) is 3.01.